The van der Waals surface area contributed by atoms with Gasteiger partial charge in [-0.1, -0.05) is 0 Å². The third-order valence-electron chi connectivity index (χ3n) is 2.13. The molecular formula is C10H9NOS2. The van der Waals surface area contributed by atoms with E-state index in [9.17, 15) is 4.79 Å². The highest BCUT2D eigenvalue weighted by Crippen LogP contribution is 2.37. The van der Waals surface area contributed by atoms with Gasteiger partial charge in [0.2, 0.25) is 0 Å². The lowest BCUT2D eigenvalue weighted by atomic mass is 10.1. The summed E-state index contributed by atoms with van der Waals surface area (Å²) in [6.45, 7) is 0. The molecule has 0 atom stereocenters. The van der Waals surface area contributed by atoms with Crippen LogP contribution in [-0.2, 0) is 0 Å². The van der Waals surface area contributed by atoms with E-state index in [0.29, 0.717) is 11.3 Å². The number of carbonyl (C=O) groups is 1. The van der Waals surface area contributed by atoms with E-state index in [-0.39, 0.29) is 0 Å². The molecule has 0 radical (unpaired) electrons. The van der Waals surface area contributed by atoms with Crippen LogP contribution < -0.4 is 5.73 Å². The Morgan fingerprint density at radius 2 is 2.29 bits per heavy atom. The first kappa shape index (κ1) is 9.55. The highest BCUT2D eigenvalue weighted by Gasteiger charge is 2.09. The van der Waals surface area contributed by atoms with Gasteiger partial charge in [-0.15, -0.1) is 23.1 Å². The van der Waals surface area contributed by atoms with Gasteiger partial charge in [0.1, 0.15) is 0 Å². The van der Waals surface area contributed by atoms with Crippen LogP contribution >= 0.6 is 23.1 Å². The summed E-state index contributed by atoms with van der Waals surface area (Å²) in [4.78, 5) is 11.9. The zero-order chi connectivity index (χ0) is 10.1. The van der Waals surface area contributed by atoms with Crippen LogP contribution in [-0.4, -0.2) is 12.5 Å². The minimum atomic E-state index is 0.575. The minimum Gasteiger partial charge on any atom is -0.398 e. The van der Waals surface area contributed by atoms with Crippen molar-refractivity contribution in [2.75, 3.05) is 12.0 Å². The third-order valence-corrected chi connectivity index (χ3v) is 3.99. The number of fused-ring (bicyclic) bond motifs is 1. The fraction of sp³-hybridized carbons (Fsp3) is 0.100. The van der Waals surface area contributed by atoms with Gasteiger partial charge in [0.25, 0.3) is 0 Å². The van der Waals surface area contributed by atoms with Gasteiger partial charge >= 0.3 is 0 Å². The molecule has 72 valence electrons. The molecule has 0 bridgehead atoms. The van der Waals surface area contributed by atoms with Crippen molar-refractivity contribution in [2.45, 2.75) is 4.90 Å². The number of nitrogens with two attached hydrogens (primary N) is 1. The number of nitrogen functional groups attached to an aromatic ring is 1. The Labute approximate surface area is 90.1 Å². The molecule has 14 heavy (non-hydrogen) atoms. The zero-order valence-corrected chi connectivity index (χ0v) is 9.24. The van der Waals surface area contributed by atoms with Gasteiger partial charge in [-0.05, 0) is 18.4 Å². The van der Waals surface area contributed by atoms with E-state index in [1.165, 1.54) is 0 Å². The SMILES string of the molecule is CSc1csc2ccc(C=O)c(N)c12. The lowest BCUT2D eigenvalue weighted by molar-refractivity contribution is 0.112. The molecule has 0 saturated heterocycles. The Bertz CT molecular complexity index is 490. The van der Waals surface area contributed by atoms with Gasteiger partial charge in [-0.25, -0.2) is 0 Å². The van der Waals surface area contributed by atoms with E-state index in [0.717, 1.165) is 21.3 Å². The molecule has 1 aromatic carbocycles. The van der Waals surface area contributed by atoms with Crippen molar-refractivity contribution >= 4 is 45.2 Å². The van der Waals surface area contributed by atoms with Crippen LogP contribution in [0.1, 0.15) is 10.4 Å². The van der Waals surface area contributed by atoms with Crippen molar-refractivity contribution in [3.8, 4) is 0 Å². The quantitative estimate of drug-likeness (QED) is 0.483. The average molecular weight is 223 g/mol. The second kappa shape index (κ2) is 3.63. The maximum absolute atomic E-state index is 10.7. The maximum atomic E-state index is 10.7. The molecule has 0 saturated carbocycles. The summed E-state index contributed by atoms with van der Waals surface area (Å²) in [5.41, 5.74) is 7.09. The van der Waals surface area contributed by atoms with Crippen LogP contribution in [0.25, 0.3) is 10.1 Å². The van der Waals surface area contributed by atoms with Gasteiger partial charge in [0.05, 0.1) is 5.69 Å². The summed E-state index contributed by atoms with van der Waals surface area (Å²) in [6.07, 6.45) is 2.81. The number of aldehydes is 1. The summed E-state index contributed by atoms with van der Waals surface area (Å²) in [5, 5.41) is 3.09. The second-order valence-corrected chi connectivity index (χ2v) is 4.62. The topological polar surface area (TPSA) is 43.1 Å². The molecule has 0 unspecified atom stereocenters. The van der Waals surface area contributed by atoms with Gasteiger partial charge in [-0.2, -0.15) is 0 Å². The van der Waals surface area contributed by atoms with Crippen LogP contribution in [0.2, 0.25) is 0 Å². The van der Waals surface area contributed by atoms with Crippen molar-refractivity contribution in [3.63, 3.8) is 0 Å². The summed E-state index contributed by atoms with van der Waals surface area (Å²) < 4.78 is 1.14. The summed E-state index contributed by atoms with van der Waals surface area (Å²) in [5.74, 6) is 0. The first-order valence-electron chi connectivity index (χ1n) is 4.06. The number of rotatable bonds is 2. The van der Waals surface area contributed by atoms with Crippen LogP contribution in [0, 0.1) is 0 Å². The fourth-order valence-electron chi connectivity index (χ4n) is 1.40. The Hall–Kier alpha value is -1.00. The number of anilines is 1. The smallest absolute Gasteiger partial charge is 0.152 e. The molecule has 0 spiro atoms. The van der Waals surface area contributed by atoms with Crippen LogP contribution in [0.3, 0.4) is 0 Å². The van der Waals surface area contributed by atoms with Crippen molar-refractivity contribution in [3.05, 3.63) is 23.1 Å². The maximum Gasteiger partial charge on any atom is 0.152 e. The van der Waals surface area contributed by atoms with E-state index >= 15 is 0 Å². The molecule has 0 fully saturated rings. The predicted molar refractivity (Wildman–Crippen MR) is 63.4 cm³/mol. The molecule has 2 N–H and O–H groups in total. The van der Waals surface area contributed by atoms with Crippen LogP contribution in [0.4, 0.5) is 5.69 Å². The molecule has 2 nitrogen and oxygen atoms in total. The van der Waals surface area contributed by atoms with E-state index in [1.54, 1.807) is 29.2 Å². The van der Waals surface area contributed by atoms with E-state index in [4.69, 9.17) is 5.73 Å². The van der Waals surface area contributed by atoms with Gasteiger partial charge in [0, 0.05) is 25.9 Å². The summed E-state index contributed by atoms with van der Waals surface area (Å²) in [7, 11) is 0. The van der Waals surface area contributed by atoms with Crippen molar-refractivity contribution in [1.29, 1.82) is 0 Å². The molecule has 0 amide bonds. The Morgan fingerprint density at radius 1 is 1.50 bits per heavy atom. The second-order valence-electron chi connectivity index (χ2n) is 2.86. The number of hydrogen-bond acceptors (Lipinski definition) is 4. The van der Waals surface area contributed by atoms with E-state index < -0.39 is 0 Å². The Morgan fingerprint density at radius 3 is 2.93 bits per heavy atom. The average Bonchev–Trinajstić information content (AvgIpc) is 2.62. The van der Waals surface area contributed by atoms with E-state index in [2.05, 4.69) is 5.38 Å². The molecule has 4 heteroatoms. The first-order chi connectivity index (χ1) is 6.77. The summed E-state index contributed by atoms with van der Waals surface area (Å²) >= 11 is 3.31. The first-order valence-corrected chi connectivity index (χ1v) is 6.17. The lowest BCUT2D eigenvalue weighted by Crippen LogP contribution is -1.93. The summed E-state index contributed by atoms with van der Waals surface area (Å²) in [6, 6.07) is 3.71. The predicted octanol–water partition coefficient (Wildman–Crippen LogP) is 3.02. The highest BCUT2D eigenvalue weighted by molar-refractivity contribution is 7.99. The Kier molecular flexibility index (Phi) is 2.48. The molecular weight excluding hydrogens is 214 g/mol. The molecule has 2 rings (SSSR count). The fourth-order valence-corrected chi connectivity index (χ4v) is 3.25. The minimum absolute atomic E-state index is 0.575. The number of carbonyl (C=O) groups excluding carboxylic acids is 1. The normalized spacial score (nSPS) is 10.6. The molecule has 1 heterocycles. The Balaban J connectivity index is 2.83. The molecule has 0 aliphatic rings. The monoisotopic (exact) mass is 223 g/mol. The molecule has 2 aromatic rings. The van der Waals surface area contributed by atoms with Gasteiger partial charge in [0.15, 0.2) is 6.29 Å². The number of hydrogen-bond donors (Lipinski definition) is 1. The zero-order valence-electron chi connectivity index (χ0n) is 7.61. The van der Waals surface area contributed by atoms with E-state index in [1.807, 2.05) is 12.3 Å². The molecule has 0 aliphatic heterocycles. The van der Waals surface area contributed by atoms with Crippen LogP contribution in [0.15, 0.2) is 22.4 Å². The van der Waals surface area contributed by atoms with Gasteiger partial charge < -0.3 is 5.73 Å². The van der Waals surface area contributed by atoms with Crippen molar-refractivity contribution in [2.24, 2.45) is 0 Å². The largest absolute Gasteiger partial charge is 0.398 e. The highest BCUT2D eigenvalue weighted by atomic mass is 32.2. The number of thioether (sulfide) groups is 1. The standard InChI is InChI=1S/C10H9NOS2/c1-13-8-5-14-7-3-2-6(4-12)10(11)9(7)8/h2-5H,11H2,1H3. The van der Waals surface area contributed by atoms with Crippen molar-refractivity contribution in [1.82, 2.24) is 0 Å². The number of thiophene rings is 1. The molecule has 0 aliphatic carbocycles. The molecule has 1 aromatic heterocycles. The third kappa shape index (κ3) is 1.31. The lowest BCUT2D eigenvalue weighted by Gasteiger charge is -2.01. The van der Waals surface area contributed by atoms with Crippen molar-refractivity contribution < 1.29 is 4.79 Å². The number of benzene rings is 1. The van der Waals surface area contributed by atoms with Crippen LogP contribution in [0.5, 0.6) is 0 Å². The van der Waals surface area contributed by atoms with Gasteiger partial charge in [-0.3, -0.25) is 4.79 Å².